The number of nitrogens with zero attached hydrogens (tertiary/aromatic N) is 3. The van der Waals surface area contributed by atoms with E-state index < -0.39 is 0 Å². The third-order valence-electron chi connectivity index (χ3n) is 2.79. The van der Waals surface area contributed by atoms with E-state index in [9.17, 15) is 4.79 Å². The summed E-state index contributed by atoms with van der Waals surface area (Å²) in [5.74, 6) is 1.09. The Morgan fingerprint density at radius 3 is 2.94 bits per heavy atom. The van der Waals surface area contributed by atoms with Crippen LogP contribution in [0.5, 0.6) is 0 Å². The molecule has 2 rings (SSSR count). The van der Waals surface area contributed by atoms with E-state index in [2.05, 4.69) is 11.2 Å². The normalized spacial score (nSPS) is 16.4. The van der Waals surface area contributed by atoms with Crippen LogP contribution in [-0.2, 0) is 16.1 Å². The summed E-state index contributed by atoms with van der Waals surface area (Å²) < 4.78 is 7.15. The van der Waals surface area contributed by atoms with Gasteiger partial charge in [0.1, 0.15) is 12.0 Å². The van der Waals surface area contributed by atoms with Crippen LogP contribution in [0.25, 0.3) is 0 Å². The minimum atomic E-state index is 0.191. The smallest absolute Gasteiger partial charge is 0.224 e. The van der Waals surface area contributed by atoms with Crippen molar-refractivity contribution < 1.29 is 9.53 Å². The second-order valence-electron chi connectivity index (χ2n) is 3.85. The standard InChI is InChI=1S/C11H16N3O2/c1-10-12-3-5-13(10)4-2-11(15)14-6-8-16-9-7-14/h5H,2,4,6-9H2,1H3. The van der Waals surface area contributed by atoms with Gasteiger partial charge >= 0.3 is 0 Å². The first-order chi connectivity index (χ1) is 7.77. The molecule has 1 radical (unpaired) electrons. The van der Waals surface area contributed by atoms with Crippen molar-refractivity contribution in [2.45, 2.75) is 19.9 Å². The number of hydrogen-bond donors (Lipinski definition) is 0. The van der Waals surface area contributed by atoms with Crippen molar-refractivity contribution in [1.29, 1.82) is 0 Å². The highest BCUT2D eigenvalue weighted by Crippen LogP contribution is 2.03. The highest BCUT2D eigenvalue weighted by atomic mass is 16.5. The molecule has 1 aliphatic rings. The third-order valence-corrected chi connectivity index (χ3v) is 2.79. The molecule has 1 aromatic rings. The van der Waals surface area contributed by atoms with Crippen LogP contribution in [0.1, 0.15) is 12.2 Å². The van der Waals surface area contributed by atoms with Gasteiger partial charge in [0.15, 0.2) is 0 Å². The van der Waals surface area contributed by atoms with E-state index in [1.54, 1.807) is 6.20 Å². The van der Waals surface area contributed by atoms with Gasteiger partial charge in [-0.2, -0.15) is 0 Å². The zero-order chi connectivity index (χ0) is 11.4. The van der Waals surface area contributed by atoms with Crippen LogP contribution in [0.4, 0.5) is 0 Å². The fourth-order valence-electron chi connectivity index (χ4n) is 1.76. The quantitative estimate of drug-likeness (QED) is 0.736. The molecule has 2 heterocycles. The minimum Gasteiger partial charge on any atom is -0.378 e. The van der Waals surface area contributed by atoms with Crippen molar-refractivity contribution in [2.24, 2.45) is 0 Å². The zero-order valence-electron chi connectivity index (χ0n) is 9.48. The Bertz CT molecular complexity index is 356. The van der Waals surface area contributed by atoms with E-state index in [0.717, 1.165) is 5.82 Å². The van der Waals surface area contributed by atoms with Crippen LogP contribution < -0.4 is 0 Å². The van der Waals surface area contributed by atoms with Gasteiger partial charge in [-0.3, -0.25) is 4.79 Å². The number of carbonyl (C=O) groups is 1. The third kappa shape index (κ3) is 2.61. The molecule has 1 fully saturated rings. The molecule has 0 bridgehead atoms. The molecule has 5 nitrogen and oxygen atoms in total. The number of morpholine rings is 1. The summed E-state index contributed by atoms with van der Waals surface area (Å²) >= 11 is 0. The maximum absolute atomic E-state index is 11.8. The van der Waals surface area contributed by atoms with Gasteiger partial charge in [-0.15, -0.1) is 0 Å². The number of ether oxygens (including phenoxy) is 1. The molecule has 87 valence electrons. The number of imidazole rings is 1. The molecule has 1 aliphatic heterocycles. The fourth-order valence-corrected chi connectivity index (χ4v) is 1.76. The van der Waals surface area contributed by atoms with E-state index in [-0.39, 0.29) is 5.91 Å². The van der Waals surface area contributed by atoms with Crippen molar-refractivity contribution in [3.05, 3.63) is 18.2 Å². The Morgan fingerprint density at radius 2 is 2.31 bits per heavy atom. The van der Waals surface area contributed by atoms with Crippen LogP contribution in [0.2, 0.25) is 0 Å². The molecule has 0 N–H and O–H groups in total. The highest BCUT2D eigenvalue weighted by molar-refractivity contribution is 5.76. The number of aryl methyl sites for hydroxylation is 2. The Labute approximate surface area is 95.0 Å². The maximum Gasteiger partial charge on any atom is 0.224 e. The molecule has 0 atom stereocenters. The second kappa shape index (κ2) is 5.12. The largest absolute Gasteiger partial charge is 0.378 e. The zero-order valence-corrected chi connectivity index (χ0v) is 9.48. The van der Waals surface area contributed by atoms with Crippen LogP contribution in [0.15, 0.2) is 6.20 Å². The van der Waals surface area contributed by atoms with Crippen molar-refractivity contribution in [3.63, 3.8) is 0 Å². The van der Waals surface area contributed by atoms with Gasteiger partial charge in [0.2, 0.25) is 5.91 Å². The lowest BCUT2D eigenvalue weighted by Crippen LogP contribution is -2.40. The van der Waals surface area contributed by atoms with Gasteiger partial charge in [-0.05, 0) is 6.92 Å². The first kappa shape index (κ1) is 11.1. The number of amides is 1. The Kier molecular flexibility index (Phi) is 3.56. The first-order valence-electron chi connectivity index (χ1n) is 5.53. The maximum atomic E-state index is 11.8. The lowest BCUT2D eigenvalue weighted by atomic mass is 10.3. The lowest BCUT2D eigenvalue weighted by molar-refractivity contribution is -0.135. The summed E-state index contributed by atoms with van der Waals surface area (Å²) in [6, 6.07) is 0. The molecule has 1 saturated heterocycles. The predicted octanol–water partition coefficient (Wildman–Crippen LogP) is 0.241. The number of rotatable bonds is 3. The van der Waals surface area contributed by atoms with Gasteiger partial charge in [0.05, 0.1) is 13.2 Å². The van der Waals surface area contributed by atoms with Crippen molar-refractivity contribution in [1.82, 2.24) is 14.5 Å². The summed E-state index contributed by atoms with van der Waals surface area (Å²) in [7, 11) is 0. The van der Waals surface area contributed by atoms with Crippen LogP contribution in [0.3, 0.4) is 0 Å². The molecular weight excluding hydrogens is 206 g/mol. The molecule has 1 amide bonds. The number of aromatic nitrogens is 2. The predicted molar refractivity (Wildman–Crippen MR) is 57.8 cm³/mol. The average molecular weight is 222 g/mol. The summed E-state index contributed by atoms with van der Waals surface area (Å²) in [6.07, 6.45) is 5.07. The van der Waals surface area contributed by atoms with Gasteiger partial charge < -0.3 is 14.2 Å². The van der Waals surface area contributed by atoms with E-state index >= 15 is 0 Å². The van der Waals surface area contributed by atoms with Crippen molar-refractivity contribution in [2.75, 3.05) is 26.3 Å². The molecule has 0 spiro atoms. The van der Waals surface area contributed by atoms with E-state index in [4.69, 9.17) is 4.74 Å². The molecule has 0 unspecified atom stereocenters. The fraction of sp³-hybridized carbons (Fsp3) is 0.636. The molecule has 1 aromatic heterocycles. The van der Waals surface area contributed by atoms with Gasteiger partial charge in [0, 0.05) is 32.3 Å². The summed E-state index contributed by atoms with van der Waals surface area (Å²) in [4.78, 5) is 17.7. The number of hydrogen-bond acceptors (Lipinski definition) is 3. The summed E-state index contributed by atoms with van der Waals surface area (Å²) in [6.45, 7) is 5.34. The molecule has 0 saturated carbocycles. The van der Waals surface area contributed by atoms with Crippen LogP contribution in [0, 0.1) is 13.1 Å². The first-order valence-corrected chi connectivity index (χ1v) is 5.53. The molecule has 0 aliphatic carbocycles. The van der Waals surface area contributed by atoms with Gasteiger partial charge in [-0.25, -0.2) is 4.98 Å². The highest BCUT2D eigenvalue weighted by Gasteiger charge is 2.16. The van der Waals surface area contributed by atoms with Crippen molar-refractivity contribution in [3.8, 4) is 0 Å². The monoisotopic (exact) mass is 222 g/mol. The Balaban J connectivity index is 1.81. The van der Waals surface area contributed by atoms with Gasteiger partial charge in [0.25, 0.3) is 0 Å². The lowest BCUT2D eigenvalue weighted by Gasteiger charge is -2.26. The Hall–Kier alpha value is -1.36. The van der Waals surface area contributed by atoms with Crippen LogP contribution in [-0.4, -0.2) is 46.7 Å². The average Bonchev–Trinajstić information content (AvgIpc) is 2.73. The van der Waals surface area contributed by atoms with E-state index in [1.807, 2.05) is 16.4 Å². The SMILES string of the molecule is Cc1n[c]cn1CCC(=O)N1CCOCC1. The van der Waals surface area contributed by atoms with E-state index in [0.29, 0.717) is 39.3 Å². The van der Waals surface area contributed by atoms with Gasteiger partial charge in [-0.1, -0.05) is 0 Å². The molecule has 0 aromatic carbocycles. The molecule has 16 heavy (non-hydrogen) atoms. The molecular formula is C11H16N3O2. The minimum absolute atomic E-state index is 0.191. The number of carbonyl (C=O) groups excluding carboxylic acids is 1. The summed E-state index contributed by atoms with van der Waals surface area (Å²) in [5.41, 5.74) is 0. The van der Waals surface area contributed by atoms with Crippen molar-refractivity contribution >= 4 is 5.91 Å². The molecule has 5 heteroatoms. The topological polar surface area (TPSA) is 47.4 Å². The van der Waals surface area contributed by atoms with E-state index in [1.165, 1.54) is 0 Å². The van der Waals surface area contributed by atoms with Crippen LogP contribution >= 0.6 is 0 Å². The Morgan fingerprint density at radius 1 is 1.56 bits per heavy atom. The summed E-state index contributed by atoms with van der Waals surface area (Å²) in [5, 5.41) is 0. The second-order valence-corrected chi connectivity index (χ2v) is 3.85.